The fraction of sp³-hybridized carbons (Fsp3) is 0.600. The molecule has 3 rings (SSSR count). The number of fused-ring (bicyclic) bond motifs is 1. The molecular weight excluding hydrogens is 196 g/mol. The minimum absolute atomic E-state index is 0.0548. The van der Waals surface area contributed by atoms with Gasteiger partial charge < -0.3 is 5.11 Å². The molecule has 0 aromatic heterocycles. The minimum atomic E-state index is -0.0548. The van der Waals surface area contributed by atoms with Crippen molar-refractivity contribution < 1.29 is 5.11 Å². The van der Waals surface area contributed by atoms with Crippen molar-refractivity contribution in [3.8, 4) is 0 Å². The molecule has 0 heterocycles. The summed E-state index contributed by atoms with van der Waals surface area (Å²) in [6.07, 6.45) is 7.10. The van der Waals surface area contributed by atoms with Crippen LogP contribution in [0.1, 0.15) is 36.8 Å². The van der Waals surface area contributed by atoms with Crippen LogP contribution in [-0.4, -0.2) is 11.2 Å². The molecular formula is C15H20O. The Kier molecular flexibility index (Phi) is 2.72. The molecule has 0 spiro atoms. The standard InChI is InChI=1S/C15H20O/c16-15(9-11-5-6-11)14-8-7-12-3-1-2-4-13(12)10-14/h1-4,11,14-16H,5-10H2. The Hall–Kier alpha value is -0.820. The monoisotopic (exact) mass is 216 g/mol. The zero-order valence-corrected chi connectivity index (χ0v) is 9.73. The summed E-state index contributed by atoms with van der Waals surface area (Å²) in [6.45, 7) is 0. The first-order chi connectivity index (χ1) is 7.83. The number of hydrogen-bond donors (Lipinski definition) is 1. The van der Waals surface area contributed by atoms with Gasteiger partial charge >= 0.3 is 0 Å². The maximum atomic E-state index is 10.2. The van der Waals surface area contributed by atoms with Crippen LogP contribution in [0.5, 0.6) is 0 Å². The zero-order chi connectivity index (χ0) is 11.0. The second-order valence-electron chi connectivity index (χ2n) is 5.52. The van der Waals surface area contributed by atoms with Crippen LogP contribution in [0.2, 0.25) is 0 Å². The predicted molar refractivity (Wildman–Crippen MR) is 65.3 cm³/mol. The minimum Gasteiger partial charge on any atom is -0.393 e. The van der Waals surface area contributed by atoms with Crippen LogP contribution in [0.25, 0.3) is 0 Å². The lowest BCUT2D eigenvalue weighted by Gasteiger charge is -2.28. The average molecular weight is 216 g/mol. The number of aliphatic hydroxyl groups is 1. The lowest BCUT2D eigenvalue weighted by molar-refractivity contribution is 0.0855. The van der Waals surface area contributed by atoms with Crippen molar-refractivity contribution in [2.24, 2.45) is 11.8 Å². The Labute approximate surface area is 97.5 Å². The second kappa shape index (κ2) is 4.21. The van der Waals surface area contributed by atoms with Gasteiger partial charge in [-0.05, 0) is 48.6 Å². The number of aliphatic hydroxyl groups excluding tert-OH is 1. The molecule has 2 aliphatic carbocycles. The predicted octanol–water partition coefficient (Wildman–Crippen LogP) is 2.95. The first kappa shape index (κ1) is 10.3. The van der Waals surface area contributed by atoms with E-state index in [1.165, 1.54) is 30.4 Å². The van der Waals surface area contributed by atoms with Gasteiger partial charge in [-0.25, -0.2) is 0 Å². The van der Waals surface area contributed by atoms with E-state index in [0.717, 1.165) is 25.2 Å². The van der Waals surface area contributed by atoms with Crippen LogP contribution in [0.15, 0.2) is 24.3 Å². The molecule has 0 radical (unpaired) electrons. The van der Waals surface area contributed by atoms with E-state index in [9.17, 15) is 5.11 Å². The normalized spacial score (nSPS) is 26.2. The van der Waals surface area contributed by atoms with Crippen molar-refractivity contribution in [1.82, 2.24) is 0 Å². The van der Waals surface area contributed by atoms with Crippen LogP contribution >= 0.6 is 0 Å². The third-order valence-corrected chi connectivity index (χ3v) is 4.20. The van der Waals surface area contributed by atoms with E-state index in [1.807, 2.05) is 0 Å². The largest absolute Gasteiger partial charge is 0.393 e. The van der Waals surface area contributed by atoms with Gasteiger partial charge in [-0.15, -0.1) is 0 Å². The second-order valence-corrected chi connectivity index (χ2v) is 5.52. The van der Waals surface area contributed by atoms with Gasteiger partial charge in [-0.1, -0.05) is 37.1 Å². The average Bonchev–Trinajstić information content (AvgIpc) is 3.12. The highest BCUT2D eigenvalue weighted by atomic mass is 16.3. The van der Waals surface area contributed by atoms with Gasteiger partial charge in [0.05, 0.1) is 6.10 Å². The highest BCUT2D eigenvalue weighted by molar-refractivity contribution is 5.29. The van der Waals surface area contributed by atoms with E-state index in [4.69, 9.17) is 0 Å². The van der Waals surface area contributed by atoms with E-state index in [0.29, 0.717) is 5.92 Å². The van der Waals surface area contributed by atoms with Gasteiger partial charge in [0.2, 0.25) is 0 Å². The molecule has 1 fully saturated rings. The van der Waals surface area contributed by atoms with E-state index >= 15 is 0 Å². The number of hydrogen-bond acceptors (Lipinski definition) is 1. The summed E-state index contributed by atoms with van der Waals surface area (Å²) < 4.78 is 0. The van der Waals surface area contributed by atoms with Crippen LogP contribution in [0.4, 0.5) is 0 Å². The molecule has 1 aromatic rings. The molecule has 2 atom stereocenters. The van der Waals surface area contributed by atoms with E-state index in [1.54, 1.807) is 0 Å². The fourth-order valence-corrected chi connectivity index (χ4v) is 2.94. The van der Waals surface area contributed by atoms with Crippen LogP contribution in [0, 0.1) is 11.8 Å². The van der Waals surface area contributed by atoms with Gasteiger partial charge in [0, 0.05) is 0 Å². The first-order valence-electron chi connectivity index (χ1n) is 6.58. The number of aryl methyl sites for hydroxylation is 1. The lowest BCUT2D eigenvalue weighted by atomic mass is 9.80. The van der Waals surface area contributed by atoms with Crippen molar-refractivity contribution in [2.45, 2.75) is 44.6 Å². The molecule has 1 heteroatoms. The van der Waals surface area contributed by atoms with Crippen LogP contribution in [0.3, 0.4) is 0 Å². The van der Waals surface area contributed by atoms with Crippen LogP contribution < -0.4 is 0 Å². The first-order valence-corrected chi connectivity index (χ1v) is 6.58. The van der Waals surface area contributed by atoms with Gasteiger partial charge in [-0.2, -0.15) is 0 Å². The Morgan fingerprint density at radius 2 is 1.88 bits per heavy atom. The smallest absolute Gasteiger partial charge is 0.0574 e. The zero-order valence-electron chi connectivity index (χ0n) is 9.73. The quantitative estimate of drug-likeness (QED) is 0.823. The summed E-state index contributed by atoms with van der Waals surface area (Å²) in [7, 11) is 0. The van der Waals surface area contributed by atoms with Gasteiger partial charge in [-0.3, -0.25) is 0 Å². The van der Waals surface area contributed by atoms with Gasteiger partial charge in [0.1, 0.15) is 0 Å². The summed E-state index contributed by atoms with van der Waals surface area (Å²) in [5.41, 5.74) is 2.96. The van der Waals surface area contributed by atoms with Crippen molar-refractivity contribution in [3.05, 3.63) is 35.4 Å². The fourth-order valence-electron chi connectivity index (χ4n) is 2.94. The molecule has 0 aliphatic heterocycles. The summed E-state index contributed by atoms with van der Waals surface area (Å²) in [5.74, 6) is 1.35. The lowest BCUT2D eigenvalue weighted by Crippen LogP contribution is -2.27. The third kappa shape index (κ3) is 2.15. The van der Waals surface area contributed by atoms with Crippen molar-refractivity contribution in [3.63, 3.8) is 0 Å². The molecule has 0 bridgehead atoms. The molecule has 0 saturated heterocycles. The van der Waals surface area contributed by atoms with Gasteiger partial charge in [0.15, 0.2) is 0 Å². The molecule has 86 valence electrons. The Morgan fingerprint density at radius 1 is 1.12 bits per heavy atom. The molecule has 1 aromatic carbocycles. The molecule has 2 aliphatic rings. The molecule has 1 saturated carbocycles. The third-order valence-electron chi connectivity index (χ3n) is 4.20. The van der Waals surface area contributed by atoms with Crippen molar-refractivity contribution >= 4 is 0 Å². The molecule has 16 heavy (non-hydrogen) atoms. The maximum absolute atomic E-state index is 10.2. The Balaban J connectivity index is 1.67. The van der Waals surface area contributed by atoms with Crippen LogP contribution in [-0.2, 0) is 12.8 Å². The summed E-state index contributed by atoms with van der Waals surface area (Å²) in [4.78, 5) is 0. The van der Waals surface area contributed by atoms with E-state index in [-0.39, 0.29) is 6.10 Å². The van der Waals surface area contributed by atoms with Gasteiger partial charge in [0.25, 0.3) is 0 Å². The SMILES string of the molecule is OC(CC1CC1)C1CCc2ccccc2C1. The summed E-state index contributed by atoms with van der Waals surface area (Å²) in [5, 5.41) is 10.2. The van der Waals surface area contributed by atoms with E-state index < -0.39 is 0 Å². The molecule has 1 N–H and O–H groups in total. The molecule has 0 amide bonds. The maximum Gasteiger partial charge on any atom is 0.0574 e. The van der Waals surface area contributed by atoms with Crippen molar-refractivity contribution in [2.75, 3.05) is 0 Å². The van der Waals surface area contributed by atoms with E-state index in [2.05, 4.69) is 24.3 Å². The highest BCUT2D eigenvalue weighted by Crippen LogP contribution is 2.37. The topological polar surface area (TPSA) is 20.2 Å². The number of benzene rings is 1. The highest BCUT2D eigenvalue weighted by Gasteiger charge is 2.30. The number of rotatable bonds is 3. The Bertz CT molecular complexity index is 367. The molecule has 1 nitrogen and oxygen atoms in total. The summed E-state index contributed by atoms with van der Waals surface area (Å²) >= 11 is 0. The Morgan fingerprint density at radius 3 is 2.62 bits per heavy atom. The van der Waals surface area contributed by atoms with Crippen molar-refractivity contribution in [1.29, 1.82) is 0 Å². The molecule has 2 unspecified atom stereocenters. The summed E-state index contributed by atoms with van der Waals surface area (Å²) in [6, 6.07) is 8.71.